The third kappa shape index (κ3) is 6.46. The molecule has 0 unspecified atom stereocenters. The lowest BCUT2D eigenvalue weighted by molar-refractivity contribution is -0.149. The van der Waals surface area contributed by atoms with Crippen molar-refractivity contribution < 1.29 is 9.59 Å². The van der Waals surface area contributed by atoms with Gasteiger partial charge < -0.3 is 0 Å². The summed E-state index contributed by atoms with van der Waals surface area (Å²) in [4.78, 5) is 25.0. The van der Waals surface area contributed by atoms with Crippen molar-refractivity contribution in [2.75, 3.05) is 12.3 Å². The summed E-state index contributed by atoms with van der Waals surface area (Å²) >= 11 is 4.19. The molecule has 1 aliphatic heterocycles. The lowest BCUT2D eigenvalue weighted by atomic mass is 9.97. The van der Waals surface area contributed by atoms with E-state index >= 15 is 0 Å². The Morgan fingerprint density at radius 1 is 0.947 bits per heavy atom. The molecule has 1 aliphatic rings. The largest absolute Gasteiger partial charge is 0.283 e. The van der Waals surface area contributed by atoms with E-state index in [1.165, 1.54) is 37.0 Å². The molecule has 0 saturated carbocycles. The van der Waals surface area contributed by atoms with Gasteiger partial charge in [-0.15, -0.1) is 0 Å². The summed E-state index contributed by atoms with van der Waals surface area (Å²) in [5, 5.41) is 0. The average Bonchev–Trinajstić information content (AvgIpc) is 2.35. The SMILES string of the molecule is CC1CC(=O)N(CCCCCCCCCS)C(=O)C1. The lowest BCUT2D eigenvalue weighted by Crippen LogP contribution is -2.43. The van der Waals surface area contributed by atoms with E-state index in [0.29, 0.717) is 19.4 Å². The summed E-state index contributed by atoms with van der Waals surface area (Å²) in [5.74, 6) is 1.26. The molecule has 1 rings (SSSR count). The van der Waals surface area contributed by atoms with Crippen LogP contribution in [0, 0.1) is 5.92 Å². The number of hydrogen-bond acceptors (Lipinski definition) is 3. The van der Waals surface area contributed by atoms with Crippen molar-refractivity contribution in [1.82, 2.24) is 4.90 Å². The Hall–Kier alpha value is -0.510. The number of thiol groups is 1. The zero-order chi connectivity index (χ0) is 14.1. The van der Waals surface area contributed by atoms with E-state index < -0.39 is 0 Å². The van der Waals surface area contributed by atoms with E-state index in [1.807, 2.05) is 6.92 Å². The number of piperidine rings is 1. The molecule has 1 saturated heterocycles. The highest BCUT2D eigenvalue weighted by Gasteiger charge is 2.29. The molecule has 4 heteroatoms. The summed E-state index contributed by atoms with van der Waals surface area (Å²) in [6.45, 7) is 2.60. The van der Waals surface area contributed by atoms with Crippen LogP contribution in [-0.4, -0.2) is 29.0 Å². The van der Waals surface area contributed by atoms with E-state index in [9.17, 15) is 9.59 Å². The summed E-state index contributed by atoms with van der Waals surface area (Å²) in [7, 11) is 0. The lowest BCUT2D eigenvalue weighted by Gasteiger charge is -2.28. The molecule has 0 bridgehead atoms. The predicted octanol–water partition coefficient (Wildman–Crippen LogP) is 3.43. The average molecular weight is 285 g/mol. The molecule has 2 amide bonds. The van der Waals surface area contributed by atoms with Gasteiger partial charge in [0.25, 0.3) is 0 Å². The standard InChI is InChI=1S/C15H27NO2S/c1-13-11-14(17)16(15(18)12-13)9-7-5-3-2-4-6-8-10-19/h13,19H,2-12H2,1H3. The Morgan fingerprint density at radius 3 is 1.95 bits per heavy atom. The normalized spacial score (nSPS) is 17.3. The second kappa shape index (κ2) is 9.40. The van der Waals surface area contributed by atoms with Crippen LogP contribution in [0.25, 0.3) is 0 Å². The Balaban J connectivity index is 2.05. The topological polar surface area (TPSA) is 37.4 Å². The molecular formula is C15H27NO2S. The van der Waals surface area contributed by atoms with Crippen molar-refractivity contribution in [3.05, 3.63) is 0 Å². The molecule has 0 atom stereocenters. The van der Waals surface area contributed by atoms with Crippen molar-refractivity contribution in [2.45, 2.75) is 64.7 Å². The maximum atomic E-state index is 11.8. The molecule has 0 aliphatic carbocycles. The van der Waals surface area contributed by atoms with Crippen LogP contribution >= 0.6 is 12.6 Å². The summed E-state index contributed by atoms with van der Waals surface area (Å²) < 4.78 is 0. The van der Waals surface area contributed by atoms with Crippen LogP contribution in [-0.2, 0) is 9.59 Å². The van der Waals surface area contributed by atoms with Crippen LogP contribution in [0.1, 0.15) is 64.7 Å². The number of hydrogen-bond donors (Lipinski definition) is 1. The van der Waals surface area contributed by atoms with Crippen LogP contribution in [0.2, 0.25) is 0 Å². The van der Waals surface area contributed by atoms with Crippen LogP contribution < -0.4 is 0 Å². The number of nitrogens with zero attached hydrogens (tertiary/aromatic N) is 1. The van der Waals surface area contributed by atoms with Gasteiger partial charge in [-0.2, -0.15) is 12.6 Å². The first-order chi connectivity index (χ1) is 9.15. The minimum atomic E-state index is 0.0255. The highest BCUT2D eigenvalue weighted by molar-refractivity contribution is 7.80. The second-order valence-corrected chi connectivity index (χ2v) is 6.10. The van der Waals surface area contributed by atoms with Gasteiger partial charge in [0.15, 0.2) is 0 Å². The Kier molecular flexibility index (Phi) is 8.19. The van der Waals surface area contributed by atoms with E-state index in [4.69, 9.17) is 0 Å². The van der Waals surface area contributed by atoms with Crippen molar-refractivity contribution in [2.24, 2.45) is 5.92 Å². The van der Waals surface area contributed by atoms with Gasteiger partial charge in [-0.05, 0) is 24.5 Å². The van der Waals surface area contributed by atoms with E-state index in [-0.39, 0.29) is 17.7 Å². The maximum Gasteiger partial charge on any atom is 0.229 e. The monoisotopic (exact) mass is 285 g/mol. The highest BCUT2D eigenvalue weighted by atomic mass is 32.1. The molecule has 0 aromatic carbocycles. The minimum Gasteiger partial charge on any atom is -0.283 e. The smallest absolute Gasteiger partial charge is 0.229 e. The molecule has 0 aromatic heterocycles. The predicted molar refractivity (Wildman–Crippen MR) is 81.3 cm³/mol. The molecule has 0 radical (unpaired) electrons. The van der Waals surface area contributed by atoms with Gasteiger partial charge >= 0.3 is 0 Å². The first kappa shape index (κ1) is 16.5. The van der Waals surface area contributed by atoms with Crippen LogP contribution in [0.4, 0.5) is 0 Å². The number of likely N-dealkylation sites (tertiary alicyclic amines) is 1. The van der Waals surface area contributed by atoms with Crippen LogP contribution in [0.15, 0.2) is 0 Å². The number of carbonyl (C=O) groups excluding carboxylic acids is 2. The zero-order valence-corrected chi connectivity index (χ0v) is 13.0. The number of unbranched alkanes of at least 4 members (excludes halogenated alkanes) is 6. The summed E-state index contributed by atoms with van der Waals surface area (Å²) in [5.41, 5.74) is 0. The molecule has 1 heterocycles. The van der Waals surface area contributed by atoms with Gasteiger partial charge in [0.05, 0.1) is 0 Å². The van der Waals surface area contributed by atoms with Gasteiger partial charge in [0, 0.05) is 19.4 Å². The molecule has 3 nitrogen and oxygen atoms in total. The third-order valence-electron chi connectivity index (χ3n) is 3.69. The second-order valence-electron chi connectivity index (χ2n) is 5.65. The van der Waals surface area contributed by atoms with E-state index in [2.05, 4.69) is 12.6 Å². The Bertz CT molecular complexity index is 276. The first-order valence-corrected chi connectivity index (χ1v) is 8.22. The number of carbonyl (C=O) groups is 2. The number of imide groups is 1. The van der Waals surface area contributed by atoms with Gasteiger partial charge in [-0.3, -0.25) is 14.5 Å². The first-order valence-electron chi connectivity index (χ1n) is 7.59. The van der Waals surface area contributed by atoms with E-state index in [0.717, 1.165) is 18.6 Å². The van der Waals surface area contributed by atoms with Crippen molar-refractivity contribution >= 4 is 24.4 Å². The molecule has 0 spiro atoms. The fraction of sp³-hybridized carbons (Fsp3) is 0.867. The maximum absolute atomic E-state index is 11.8. The molecular weight excluding hydrogens is 258 g/mol. The van der Waals surface area contributed by atoms with Gasteiger partial charge in [0.1, 0.15) is 0 Å². The zero-order valence-electron chi connectivity index (χ0n) is 12.1. The van der Waals surface area contributed by atoms with Crippen molar-refractivity contribution in [3.8, 4) is 0 Å². The Labute approximate surface area is 122 Å². The minimum absolute atomic E-state index is 0.0255. The highest BCUT2D eigenvalue weighted by Crippen LogP contribution is 2.19. The fourth-order valence-corrected chi connectivity index (χ4v) is 2.77. The van der Waals surface area contributed by atoms with Crippen LogP contribution in [0.3, 0.4) is 0 Å². The third-order valence-corrected chi connectivity index (χ3v) is 4.00. The molecule has 0 aromatic rings. The quantitative estimate of drug-likeness (QED) is 0.400. The summed E-state index contributed by atoms with van der Waals surface area (Å²) in [6.07, 6.45) is 9.37. The van der Waals surface area contributed by atoms with Crippen molar-refractivity contribution in [1.29, 1.82) is 0 Å². The Morgan fingerprint density at radius 2 is 1.42 bits per heavy atom. The van der Waals surface area contributed by atoms with Gasteiger partial charge in [-0.25, -0.2) is 0 Å². The van der Waals surface area contributed by atoms with E-state index in [1.54, 1.807) is 0 Å². The summed E-state index contributed by atoms with van der Waals surface area (Å²) in [6, 6.07) is 0. The van der Waals surface area contributed by atoms with Gasteiger partial charge in [-0.1, -0.05) is 39.0 Å². The van der Waals surface area contributed by atoms with Gasteiger partial charge in [0.2, 0.25) is 11.8 Å². The number of rotatable bonds is 9. The molecule has 110 valence electrons. The molecule has 1 fully saturated rings. The fourth-order valence-electron chi connectivity index (χ4n) is 2.54. The van der Waals surface area contributed by atoms with Crippen molar-refractivity contribution in [3.63, 3.8) is 0 Å². The number of amides is 2. The molecule has 19 heavy (non-hydrogen) atoms. The molecule has 0 N–H and O–H groups in total. The van der Waals surface area contributed by atoms with Crippen LogP contribution in [0.5, 0.6) is 0 Å².